The maximum Gasteiger partial charge on any atom is 0.416 e. The maximum absolute atomic E-state index is 12.6. The van der Waals surface area contributed by atoms with Gasteiger partial charge in [0.1, 0.15) is 16.8 Å². The van der Waals surface area contributed by atoms with Crippen LogP contribution in [0.4, 0.5) is 18.9 Å². The Labute approximate surface area is 150 Å². The quantitative estimate of drug-likeness (QED) is 0.427. The molecule has 11 heteroatoms. The van der Waals surface area contributed by atoms with E-state index < -0.39 is 35.0 Å². The number of rotatable bonds is 5. The molecule has 6 nitrogen and oxygen atoms in total. The van der Waals surface area contributed by atoms with Crippen LogP contribution < -0.4 is 10.0 Å². The number of halogens is 4. The molecule has 0 saturated heterocycles. The van der Waals surface area contributed by atoms with Crippen LogP contribution in [0.25, 0.3) is 0 Å². The molecule has 0 bridgehead atoms. The van der Waals surface area contributed by atoms with Gasteiger partial charge in [-0.15, -0.1) is 0 Å². The smallest absolute Gasteiger partial charge is 0.416 e. The number of hydrogen-bond acceptors (Lipinski definition) is 4. The first-order valence-electron chi connectivity index (χ1n) is 7.11. The normalized spacial score (nSPS) is 13.9. The Hall–Kier alpha value is -2.09. The monoisotopic (exact) mass is 409 g/mol. The summed E-state index contributed by atoms with van der Waals surface area (Å²) < 4.78 is 55.5. The Morgan fingerprint density at radius 2 is 1.92 bits per heavy atom. The summed E-state index contributed by atoms with van der Waals surface area (Å²) in [7, 11) is -3.99. The van der Waals surface area contributed by atoms with Crippen LogP contribution >= 0.6 is 19.0 Å². The fourth-order valence-electron chi connectivity index (χ4n) is 2.06. The molecule has 0 aromatic heterocycles. The molecular weight excluding hydrogens is 398 g/mol. The molecule has 0 aliphatic rings. The third-order valence-corrected chi connectivity index (χ3v) is 5.70. The van der Waals surface area contributed by atoms with E-state index in [1.165, 1.54) is 6.92 Å². The van der Waals surface area contributed by atoms with Crippen molar-refractivity contribution in [3.05, 3.63) is 57.1 Å². The summed E-state index contributed by atoms with van der Waals surface area (Å²) in [6.07, 6.45) is -4.81. The summed E-state index contributed by atoms with van der Waals surface area (Å²) in [6.45, 7) is 1.39. The van der Waals surface area contributed by atoms with Crippen LogP contribution in [0.15, 0.2) is 36.4 Å². The van der Waals surface area contributed by atoms with Crippen LogP contribution in [0.3, 0.4) is 0 Å². The van der Waals surface area contributed by atoms with Gasteiger partial charge in [0.2, 0.25) is 7.37 Å². The molecule has 0 amide bonds. The number of nitro groups is 1. The third-order valence-electron chi connectivity index (χ3n) is 3.44. The van der Waals surface area contributed by atoms with Crippen molar-refractivity contribution in [1.29, 1.82) is 0 Å². The van der Waals surface area contributed by atoms with E-state index in [2.05, 4.69) is 0 Å². The van der Waals surface area contributed by atoms with Gasteiger partial charge in [-0.05, 0) is 24.3 Å². The number of nitro benzene ring substituents is 1. The van der Waals surface area contributed by atoms with Crippen LogP contribution in [0, 0.1) is 10.1 Å². The summed E-state index contributed by atoms with van der Waals surface area (Å²) in [5.74, 6) is -0.210. The van der Waals surface area contributed by atoms with Crippen molar-refractivity contribution in [3.8, 4) is 11.5 Å². The second-order valence-corrected chi connectivity index (χ2v) is 8.10. The number of ether oxygens (including phenoxy) is 1. The van der Waals surface area contributed by atoms with Crippen LogP contribution in [0.1, 0.15) is 12.5 Å². The molecule has 2 rings (SSSR count). The lowest BCUT2D eigenvalue weighted by molar-refractivity contribution is -0.383. The van der Waals surface area contributed by atoms with E-state index in [0.29, 0.717) is 6.07 Å². The van der Waals surface area contributed by atoms with Gasteiger partial charge in [-0.2, -0.15) is 13.2 Å². The van der Waals surface area contributed by atoms with Crippen LogP contribution in [-0.2, 0) is 10.7 Å². The zero-order chi connectivity index (χ0) is 19.7. The summed E-state index contributed by atoms with van der Waals surface area (Å²) in [5.41, 5.74) is -1.52. The molecule has 26 heavy (non-hydrogen) atoms. The highest BCUT2D eigenvalue weighted by atomic mass is 35.5. The average Bonchev–Trinajstić information content (AvgIpc) is 2.55. The fourth-order valence-corrected chi connectivity index (χ4v) is 3.46. The Bertz CT molecular complexity index is 903. The largest absolute Gasteiger partial charge is 0.456 e. The molecule has 0 radical (unpaired) electrons. The minimum atomic E-state index is -4.58. The predicted octanol–water partition coefficient (Wildman–Crippen LogP) is 4.97. The van der Waals surface area contributed by atoms with Gasteiger partial charge >= 0.3 is 6.18 Å². The van der Waals surface area contributed by atoms with Crippen LogP contribution in [-0.4, -0.2) is 16.0 Å². The Kier molecular flexibility index (Phi) is 5.65. The fraction of sp³-hybridized carbons (Fsp3) is 0.200. The second kappa shape index (κ2) is 7.26. The molecule has 0 aliphatic carbocycles. The minimum Gasteiger partial charge on any atom is -0.456 e. The van der Waals surface area contributed by atoms with Gasteiger partial charge in [0.15, 0.2) is 0 Å². The molecule has 1 N–H and O–H groups in total. The molecule has 140 valence electrons. The molecule has 0 fully saturated rings. The lowest BCUT2D eigenvalue weighted by Gasteiger charge is -2.13. The van der Waals surface area contributed by atoms with Crippen molar-refractivity contribution in [3.63, 3.8) is 0 Å². The number of alkyl halides is 3. The highest BCUT2D eigenvalue weighted by molar-refractivity contribution is 7.66. The summed E-state index contributed by atoms with van der Waals surface area (Å²) in [4.78, 5) is 20.2. The van der Waals surface area contributed by atoms with Crippen LogP contribution in [0.2, 0.25) is 5.02 Å². The lowest BCUT2D eigenvalue weighted by Crippen LogP contribution is -2.12. The SMILES string of the molecule is CCP(=O)(O)c1cc(Oc2ccc(C(F)(F)F)cc2Cl)ccc1[N+](=O)[O-]. The van der Waals surface area contributed by atoms with Crippen molar-refractivity contribution in [2.24, 2.45) is 0 Å². The van der Waals surface area contributed by atoms with Gasteiger partial charge in [0.05, 0.1) is 15.5 Å². The van der Waals surface area contributed by atoms with Gasteiger partial charge in [-0.25, -0.2) is 0 Å². The number of nitrogens with zero attached hydrogens (tertiary/aromatic N) is 1. The van der Waals surface area contributed by atoms with Crippen LogP contribution in [0.5, 0.6) is 11.5 Å². The van der Waals surface area contributed by atoms with Crippen molar-refractivity contribution in [1.82, 2.24) is 0 Å². The lowest BCUT2D eigenvalue weighted by atomic mass is 10.2. The van der Waals surface area contributed by atoms with Gasteiger partial charge in [-0.1, -0.05) is 18.5 Å². The topological polar surface area (TPSA) is 89.7 Å². The van der Waals surface area contributed by atoms with E-state index in [1.807, 2.05) is 0 Å². The van der Waals surface area contributed by atoms with Gasteiger partial charge in [0.25, 0.3) is 5.69 Å². The van der Waals surface area contributed by atoms with E-state index in [1.54, 1.807) is 0 Å². The maximum atomic E-state index is 12.6. The van der Waals surface area contributed by atoms with Gasteiger partial charge in [0, 0.05) is 18.3 Å². The highest BCUT2D eigenvalue weighted by Crippen LogP contribution is 2.43. The minimum absolute atomic E-state index is 0.0741. The van der Waals surface area contributed by atoms with Crippen molar-refractivity contribution in [2.75, 3.05) is 6.16 Å². The Balaban J connectivity index is 2.44. The van der Waals surface area contributed by atoms with Crippen molar-refractivity contribution in [2.45, 2.75) is 13.1 Å². The Morgan fingerprint density at radius 3 is 2.42 bits per heavy atom. The molecule has 0 spiro atoms. The van der Waals surface area contributed by atoms with E-state index in [9.17, 15) is 32.7 Å². The van der Waals surface area contributed by atoms with Crippen molar-refractivity contribution < 1.29 is 32.3 Å². The van der Waals surface area contributed by atoms with E-state index in [4.69, 9.17) is 16.3 Å². The summed E-state index contributed by atoms with van der Waals surface area (Å²) in [6, 6.07) is 5.58. The molecule has 2 aromatic carbocycles. The third kappa shape index (κ3) is 4.35. The van der Waals surface area contributed by atoms with E-state index in [0.717, 1.165) is 30.3 Å². The van der Waals surface area contributed by atoms with Gasteiger partial charge < -0.3 is 9.63 Å². The molecule has 0 heterocycles. The standard InChI is InChI=1S/C15H12ClF3NO5P/c1-2-26(23,24)14-8-10(4-5-12(14)20(21)22)25-13-6-3-9(7-11(13)16)15(17,18)19/h3-8H,2H2,1H3,(H,23,24). The number of benzene rings is 2. The first-order valence-corrected chi connectivity index (χ1v) is 9.33. The summed E-state index contributed by atoms with van der Waals surface area (Å²) >= 11 is 5.79. The molecular formula is C15H12ClF3NO5P. The average molecular weight is 410 g/mol. The number of hydrogen-bond donors (Lipinski definition) is 1. The molecule has 0 saturated carbocycles. The zero-order valence-electron chi connectivity index (χ0n) is 13.2. The highest BCUT2D eigenvalue weighted by Gasteiger charge is 2.32. The molecule has 1 unspecified atom stereocenters. The second-order valence-electron chi connectivity index (χ2n) is 5.17. The van der Waals surface area contributed by atoms with Gasteiger partial charge in [-0.3, -0.25) is 14.7 Å². The van der Waals surface area contributed by atoms with Crippen molar-refractivity contribution >= 4 is 30.0 Å². The predicted molar refractivity (Wildman–Crippen MR) is 89.6 cm³/mol. The first-order chi connectivity index (χ1) is 12.0. The van der Waals surface area contributed by atoms with E-state index in [-0.39, 0.29) is 22.7 Å². The molecule has 1 atom stereocenters. The Morgan fingerprint density at radius 1 is 1.27 bits per heavy atom. The zero-order valence-corrected chi connectivity index (χ0v) is 14.8. The molecule has 0 aliphatic heterocycles. The molecule has 2 aromatic rings. The summed E-state index contributed by atoms with van der Waals surface area (Å²) in [5, 5.41) is 10.3. The first kappa shape index (κ1) is 20.2. The van der Waals surface area contributed by atoms with E-state index >= 15 is 0 Å².